The molecular formula is C28H33N9O. The lowest BCUT2D eigenvalue weighted by atomic mass is 9.96. The van der Waals surface area contributed by atoms with Gasteiger partial charge in [0.25, 0.3) is 0 Å². The molecule has 0 spiro atoms. The first-order chi connectivity index (χ1) is 18.5. The topological polar surface area (TPSA) is 120 Å². The minimum Gasteiger partial charge on any atom is -0.396 e. The number of pyridine rings is 2. The number of carbonyl (C=O) groups is 1. The number of nitrogens with one attached hydrogen (secondary N) is 1. The molecule has 2 amide bonds. The number of hydrogen-bond donors (Lipinski definition) is 2. The number of aromatic amines is 1. The smallest absolute Gasteiger partial charge is 0.320 e. The maximum Gasteiger partial charge on any atom is 0.320 e. The van der Waals surface area contributed by atoms with E-state index in [1.165, 1.54) is 0 Å². The number of aliphatic imine (C=N–C) groups is 1. The summed E-state index contributed by atoms with van der Waals surface area (Å²) >= 11 is 0. The summed E-state index contributed by atoms with van der Waals surface area (Å²) in [6, 6.07) is 9.93. The summed E-state index contributed by atoms with van der Waals surface area (Å²) in [5, 5.41) is 0. The van der Waals surface area contributed by atoms with Gasteiger partial charge in [0.2, 0.25) is 0 Å². The van der Waals surface area contributed by atoms with Crippen LogP contribution in [-0.2, 0) is 13.1 Å². The van der Waals surface area contributed by atoms with Crippen LogP contribution in [0.25, 0.3) is 22.8 Å². The molecule has 6 rings (SSSR count). The number of fused-ring (bicyclic) bond motifs is 1. The third-order valence-electron chi connectivity index (χ3n) is 7.49. The van der Waals surface area contributed by atoms with Crippen molar-refractivity contribution in [1.29, 1.82) is 0 Å². The second kappa shape index (κ2) is 10.0. The van der Waals surface area contributed by atoms with Crippen LogP contribution in [0.1, 0.15) is 41.2 Å². The fraction of sp³-hybridized carbons (Fsp3) is 0.393. The van der Waals surface area contributed by atoms with Crippen LogP contribution in [0.3, 0.4) is 0 Å². The van der Waals surface area contributed by atoms with E-state index in [1.54, 1.807) is 6.20 Å². The zero-order valence-electron chi connectivity index (χ0n) is 21.9. The molecule has 10 heteroatoms. The van der Waals surface area contributed by atoms with Gasteiger partial charge in [0.1, 0.15) is 5.69 Å². The molecule has 3 aromatic rings. The molecule has 3 aliphatic rings. The number of nitrogens with two attached hydrogens (primary N) is 1. The van der Waals surface area contributed by atoms with E-state index >= 15 is 0 Å². The predicted octanol–water partition coefficient (Wildman–Crippen LogP) is 2.92. The standard InChI is InChI=1S/C28H33N9O/c1-18-5-3-6-21(32-18)26(29)25(20-7-4-9-30-20)19-8-10-31-22(15-19)27-33-23-16-37(17-24(23)34-27)28(38)36-13-11-35(2)12-14-36/h3,5-6,8,10,15H,4,7,9,11-14,16-17,29H2,1-2H3,(H,33,34)/b26-25-. The van der Waals surface area contributed by atoms with Crippen LogP contribution in [0.15, 0.2) is 41.5 Å². The van der Waals surface area contributed by atoms with Gasteiger partial charge in [-0.15, -0.1) is 0 Å². The Morgan fingerprint density at radius 3 is 2.63 bits per heavy atom. The van der Waals surface area contributed by atoms with E-state index in [1.807, 2.05) is 47.1 Å². The van der Waals surface area contributed by atoms with Crippen molar-refractivity contribution >= 4 is 23.0 Å². The van der Waals surface area contributed by atoms with Gasteiger partial charge in [-0.2, -0.15) is 0 Å². The number of rotatable bonds is 4. The quantitative estimate of drug-likeness (QED) is 0.556. The van der Waals surface area contributed by atoms with Gasteiger partial charge in [0, 0.05) is 55.9 Å². The molecule has 1 fully saturated rings. The Balaban J connectivity index is 1.26. The lowest BCUT2D eigenvalue weighted by molar-refractivity contribution is 0.121. The van der Waals surface area contributed by atoms with Crippen molar-refractivity contribution in [3.63, 3.8) is 0 Å². The molecule has 0 bridgehead atoms. The Morgan fingerprint density at radius 1 is 1.05 bits per heavy atom. The number of urea groups is 1. The number of aryl methyl sites for hydroxylation is 1. The van der Waals surface area contributed by atoms with E-state index in [9.17, 15) is 4.79 Å². The zero-order valence-corrected chi connectivity index (χ0v) is 21.9. The Labute approximate surface area is 222 Å². The van der Waals surface area contributed by atoms with Gasteiger partial charge in [0.15, 0.2) is 5.82 Å². The largest absolute Gasteiger partial charge is 0.396 e. The normalized spacial score (nSPS) is 18.4. The van der Waals surface area contributed by atoms with Crippen LogP contribution in [0.5, 0.6) is 0 Å². The summed E-state index contributed by atoms with van der Waals surface area (Å²) in [5.41, 5.74) is 14.5. The van der Waals surface area contributed by atoms with Crippen LogP contribution in [0, 0.1) is 6.92 Å². The number of imidazole rings is 1. The third kappa shape index (κ3) is 4.67. The highest BCUT2D eigenvalue weighted by Gasteiger charge is 2.31. The summed E-state index contributed by atoms with van der Waals surface area (Å²) in [6.07, 6.45) is 3.68. The fourth-order valence-corrected chi connectivity index (χ4v) is 5.35. The first-order valence-corrected chi connectivity index (χ1v) is 13.2. The molecule has 1 saturated heterocycles. The number of hydrogen-bond acceptors (Lipinski definition) is 7. The summed E-state index contributed by atoms with van der Waals surface area (Å²) < 4.78 is 0. The minimum atomic E-state index is 0.0820. The molecular weight excluding hydrogens is 478 g/mol. The van der Waals surface area contributed by atoms with Crippen molar-refractivity contribution in [2.45, 2.75) is 32.9 Å². The van der Waals surface area contributed by atoms with E-state index in [2.05, 4.69) is 26.9 Å². The Kier molecular flexibility index (Phi) is 6.40. The summed E-state index contributed by atoms with van der Waals surface area (Å²) in [4.78, 5) is 41.3. The van der Waals surface area contributed by atoms with Crippen LogP contribution >= 0.6 is 0 Å². The Bertz CT molecular complexity index is 1410. The van der Waals surface area contributed by atoms with Gasteiger partial charge in [-0.1, -0.05) is 6.07 Å². The molecule has 0 radical (unpaired) electrons. The van der Waals surface area contributed by atoms with Crippen LogP contribution < -0.4 is 5.73 Å². The highest BCUT2D eigenvalue weighted by atomic mass is 16.2. The minimum absolute atomic E-state index is 0.0820. The molecule has 196 valence electrons. The lowest BCUT2D eigenvalue weighted by Gasteiger charge is -2.34. The number of carbonyl (C=O) groups excluding carboxylic acids is 1. The fourth-order valence-electron chi connectivity index (χ4n) is 5.35. The average Bonchev–Trinajstić information content (AvgIpc) is 3.67. The van der Waals surface area contributed by atoms with E-state index in [-0.39, 0.29) is 6.03 Å². The van der Waals surface area contributed by atoms with E-state index in [4.69, 9.17) is 15.7 Å². The van der Waals surface area contributed by atoms with Crippen molar-refractivity contribution in [3.8, 4) is 11.5 Å². The molecule has 0 atom stereocenters. The van der Waals surface area contributed by atoms with E-state index < -0.39 is 0 Å². The molecule has 0 aromatic carbocycles. The van der Waals surface area contributed by atoms with Gasteiger partial charge in [0.05, 0.1) is 35.9 Å². The third-order valence-corrected chi connectivity index (χ3v) is 7.49. The zero-order chi connectivity index (χ0) is 26.2. The van der Waals surface area contributed by atoms with Gasteiger partial charge >= 0.3 is 6.03 Å². The number of H-pyrrole nitrogens is 1. The molecule has 3 aromatic heterocycles. The highest BCUT2D eigenvalue weighted by molar-refractivity contribution is 6.30. The van der Waals surface area contributed by atoms with Gasteiger partial charge in [-0.25, -0.2) is 9.78 Å². The monoisotopic (exact) mass is 511 g/mol. The lowest BCUT2D eigenvalue weighted by Crippen LogP contribution is -2.50. The molecule has 3 aliphatic heterocycles. The molecule has 3 N–H and O–H groups in total. The van der Waals surface area contributed by atoms with Crippen molar-refractivity contribution in [1.82, 2.24) is 34.6 Å². The number of amides is 2. The summed E-state index contributed by atoms with van der Waals surface area (Å²) in [6.45, 7) is 7.13. The van der Waals surface area contributed by atoms with Crippen LogP contribution in [0.2, 0.25) is 0 Å². The first kappa shape index (κ1) is 24.3. The molecule has 38 heavy (non-hydrogen) atoms. The van der Waals surface area contributed by atoms with Gasteiger partial charge in [-0.3, -0.25) is 15.0 Å². The molecule has 10 nitrogen and oxygen atoms in total. The molecule has 0 unspecified atom stereocenters. The molecule has 6 heterocycles. The number of likely N-dealkylation sites (N-methyl/N-ethyl adjacent to an activating group) is 1. The maximum absolute atomic E-state index is 13.0. The number of nitrogens with zero attached hydrogens (tertiary/aromatic N) is 7. The first-order valence-electron chi connectivity index (χ1n) is 13.2. The van der Waals surface area contributed by atoms with Gasteiger partial charge in [-0.05, 0) is 56.6 Å². The Morgan fingerprint density at radius 2 is 1.89 bits per heavy atom. The molecule has 0 aliphatic carbocycles. The number of aromatic nitrogens is 4. The number of allylic oxidation sites excluding steroid dienone is 1. The van der Waals surface area contributed by atoms with E-state index in [0.29, 0.717) is 24.6 Å². The SMILES string of the molecule is Cc1cccc(/C(N)=C(/C2=NCCC2)c2ccnc(-c3nc4c([nH]3)CN(C(=O)N3CCN(C)CC3)C4)c2)n1. The van der Waals surface area contributed by atoms with Crippen LogP contribution in [0.4, 0.5) is 4.79 Å². The average molecular weight is 512 g/mol. The van der Waals surface area contributed by atoms with Crippen molar-refractivity contribution in [2.24, 2.45) is 10.7 Å². The second-order valence-electron chi connectivity index (χ2n) is 10.3. The van der Waals surface area contributed by atoms with Crippen LogP contribution in [-0.4, -0.2) is 86.1 Å². The summed E-state index contributed by atoms with van der Waals surface area (Å²) in [5.74, 6) is 0.698. The van der Waals surface area contributed by atoms with Crippen molar-refractivity contribution < 1.29 is 4.79 Å². The molecule has 0 saturated carbocycles. The maximum atomic E-state index is 13.0. The van der Waals surface area contributed by atoms with Crippen molar-refractivity contribution in [2.75, 3.05) is 39.8 Å². The second-order valence-corrected chi connectivity index (χ2v) is 10.3. The highest BCUT2D eigenvalue weighted by Crippen LogP contribution is 2.31. The number of piperazine rings is 1. The summed E-state index contributed by atoms with van der Waals surface area (Å²) in [7, 11) is 2.09. The van der Waals surface area contributed by atoms with Gasteiger partial charge < -0.3 is 25.4 Å². The van der Waals surface area contributed by atoms with E-state index in [0.717, 1.165) is 90.9 Å². The predicted molar refractivity (Wildman–Crippen MR) is 147 cm³/mol. The Hall–Kier alpha value is -4.05. The van der Waals surface area contributed by atoms with Crippen molar-refractivity contribution in [3.05, 3.63) is 64.9 Å².